The molecule has 1 aliphatic rings. The minimum Gasteiger partial charge on any atom is -0.319 e. The van der Waals surface area contributed by atoms with E-state index in [-0.39, 0.29) is 16.1 Å². The van der Waals surface area contributed by atoms with Gasteiger partial charge in [-0.25, -0.2) is 12.8 Å². The van der Waals surface area contributed by atoms with Crippen molar-refractivity contribution in [2.75, 3.05) is 18.4 Å². The van der Waals surface area contributed by atoms with E-state index in [2.05, 4.69) is 5.32 Å². The summed E-state index contributed by atoms with van der Waals surface area (Å²) in [6, 6.07) is 11.7. The molecule has 5 nitrogen and oxygen atoms in total. The summed E-state index contributed by atoms with van der Waals surface area (Å²) in [4.78, 5) is 12.5. The number of benzene rings is 2. The molecule has 0 aromatic heterocycles. The fourth-order valence-corrected chi connectivity index (χ4v) is 4.71. The number of nitrogens with one attached hydrogen (secondary N) is 1. The third-order valence-electron chi connectivity index (χ3n) is 4.48. The van der Waals surface area contributed by atoms with Crippen LogP contribution in [0.25, 0.3) is 0 Å². The Morgan fingerprint density at radius 2 is 1.96 bits per heavy atom. The van der Waals surface area contributed by atoms with Gasteiger partial charge < -0.3 is 5.32 Å². The van der Waals surface area contributed by atoms with Crippen LogP contribution in [0.3, 0.4) is 0 Å². The van der Waals surface area contributed by atoms with Crippen LogP contribution in [0, 0.1) is 11.7 Å². The summed E-state index contributed by atoms with van der Waals surface area (Å²) < 4.78 is 40.9. The fraction of sp³-hybridized carbons (Fsp3) is 0.316. The van der Waals surface area contributed by atoms with Crippen molar-refractivity contribution in [3.05, 3.63) is 59.9 Å². The van der Waals surface area contributed by atoms with Crippen molar-refractivity contribution in [2.24, 2.45) is 5.92 Å². The first-order valence-electron chi connectivity index (χ1n) is 8.54. The number of carbonyl (C=O) groups is 1. The summed E-state index contributed by atoms with van der Waals surface area (Å²) in [7, 11) is -3.65. The molecule has 3 rings (SSSR count). The molecule has 1 unspecified atom stereocenters. The zero-order valence-corrected chi connectivity index (χ0v) is 15.3. The number of para-hydroxylation sites is 1. The van der Waals surface area contributed by atoms with Crippen LogP contribution in [-0.2, 0) is 10.0 Å². The highest BCUT2D eigenvalue weighted by Crippen LogP contribution is 2.24. The second kappa shape index (κ2) is 7.55. The maximum absolute atomic E-state index is 13.7. The fourth-order valence-electron chi connectivity index (χ4n) is 3.07. The third kappa shape index (κ3) is 3.94. The Labute approximate surface area is 152 Å². The predicted octanol–water partition coefficient (Wildman–Crippen LogP) is 3.50. The Balaban J connectivity index is 1.83. The average Bonchev–Trinajstić information content (AvgIpc) is 2.63. The molecule has 7 heteroatoms. The van der Waals surface area contributed by atoms with E-state index in [4.69, 9.17) is 0 Å². The smallest absolute Gasteiger partial charge is 0.255 e. The molecule has 1 aliphatic heterocycles. The van der Waals surface area contributed by atoms with Crippen molar-refractivity contribution < 1.29 is 17.6 Å². The molecule has 0 spiro atoms. The monoisotopic (exact) mass is 376 g/mol. The Hall–Kier alpha value is -2.25. The summed E-state index contributed by atoms with van der Waals surface area (Å²) >= 11 is 0. The van der Waals surface area contributed by atoms with Gasteiger partial charge in [-0.05, 0) is 49.1 Å². The molecule has 1 atom stereocenters. The highest BCUT2D eigenvalue weighted by atomic mass is 32.2. The van der Waals surface area contributed by atoms with Crippen molar-refractivity contribution in [3.63, 3.8) is 0 Å². The van der Waals surface area contributed by atoms with E-state index in [1.807, 2.05) is 6.92 Å². The third-order valence-corrected chi connectivity index (χ3v) is 6.34. The topological polar surface area (TPSA) is 66.5 Å². The van der Waals surface area contributed by atoms with Gasteiger partial charge in [0.15, 0.2) is 0 Å². The number of nitrogens with zero attached hydrogens (tertiary/aromatic N) is 1. The lowest BCUT2D eigenvalue weighted by Crippen LogP contribution is -2.39. The molecule has 1 amide bonds. The maximum atomic E-state index is 13.7. The Kier molecular flexibility index (Phi) is 5.38. The van der Waals surface area contributed by atoms with Crippen LogP contribution in [0.2, 0.25) is 0 Å². The van der Waals surface area contributed by atoms with Crippen molar-refractivity contribution in [1.29, 1.82) is 0 Å². The summed E-state index contributed by atoms with van der Waals surface area (Å²) in [6.07, 6.45) is 1.84. The summed E-state index contributed by atoms with van der Waals surface area (Å²) in [5.74, 6) is -0.794. The highest BCUT2D eigenvalue weighted by molar-refractivity contribution is 7.89. The maximum Gasteiger partial charge on any atom is 0.255 e. The second-order valence-electron chi connectivity index (χ2n) is 6.57. The Morgan fingerprint density at radius 1 is 1.19 bits per heavy atom. The van der Waals surface area contributed by atoms with Gasteiger partial charge in [-0.2, -0.15) is 4.31 Å². The molecule has 2 aromatic rings. The summed E-state index contributed by atoms with van der Waals surface area (Å²) in [5, 5.41) is 2.47. The largest absolute Gasteiger partial charge is 0.319 e. The number of rotatable bonds is 4. The lowest BCUT2D eigenvalue weighted by Gasteiger charge is -2.30. The minimum absolute atomic E-state index is 0.0515. The predicted molar refractivity (Wildman–Crippen MR) is 98.0 cm³/mol. The number of hydrogen-bond donors (Lipinski definition) is 1. The molecular weight excluding hydrogens is 355 g/mol. The van der Waals surface area contributed by atoms with E-state index in [0.717, 1.165) is 12.8 Å². The molecule has 1 N–H and O–H groups in total. The number of piperidine rings is 1. The van der Waals surface area contributed by atoms with Crippen LogP contribution in [0.4, 0.5) is 10.1 Å². The van der Waals surface area contributed by atoms with Crippen LogP contribution in [-0.4, -0.2) is 31.7 Å². The standard InChI is InChI=1S/C19H21FN2O3S/c1-14-6-5-11-22(13-14)26(24,25)16-8-4-7-15(12-16)19(23)21-18-10-3-2-9-17(18)20/h2-4,7-10,12,14H,5-6,11,13H2,1H3,(H,21,23). The zero-order valence-electron chi connectivity index (χ0n) is 14.5. The SMILES string of the molecule is CC1CCCN(S(=O)(=O)c2cccc(C(=O)Nc3ccccc3F)c2)C1. The zero-order chi connectivity index (χ0) is 18.7. The van der Waals surface area contributed by atoms with Crippen LogP contribution in [0.1, 0.15) is 30.1 Å². The van der Waals surface area contributed by atoms with E-state index in [1.54, 1.807) is 6.07 Å². The molecular formula is C19H21FN2O3S. The molecule has 0 radical (unpaired) electrons. The number of amides is 1. The average molecular weight is 376 g/mol. The van der Waals surface area contributed by atoms with Gasteiger partial charge in [-0.1, -0.05) is 25.1 Å². The van der Waals surface area contributed by atoms with Crippen LogP contribution < -0.4 is 5.32 Å². The van der Waals surface area contributed by atoms with E-state index >= 15 is 0 Å². The first-order chi connectivity index (χ1) is 12.4. The van der Waals surface area contributed by atoms with E-state index in [0.29, 0.717) is 19.0 Å². The molecule has 0 saturated carbocycles. The minimum atomic E-state index is -3.65. The van der Waals surface area contributed by atoms with Crippen LogP contribution >= 0.6 is 0 Å². The van der Waals surface area contributed by atoms with Gasteiger partial charge in [0.25, 0.3) is 5.91 Å². The molecule has 1 saturated heterocycles. The summed E-state index contributed by atoms with van der Waals surface area (Å²) in [5.41, 5.74) is 0.218. The van der Waals surface area contributed by atoms with E-state index in [1.165, 1.54) is 46.8 Å². The first-order valence-corrected chi connectivity index (χ1v) is 9.98. The number of halogens is 1. The van der Waals surface area contributed by atoms with E-state index in [9.17, 15) is 17.6 Å². The van der Waals surface area contributed by atoms with Gasteiger partial charge in [0.1, 0.15) is 5.82 Å². The first kappa shape index (κ1) is 18.5. The lowest BCUT2D eigenvalue weighted by molar-refractivity contribution is 0.102. The normalized spacial score (nSPS) is 18.5. The quantitative estimate of drug-likeness (QED) is 0.888. The van der Waals surface area contributed by atoms with Gasteiger partial charge >= 0.3 is 0 Å². The number of carbonyl (C=O) groups excluding carboxylic acids is 1. The van der Waals surface area contributed by atoms with Gasteiger partial charge in [0, 0.05) is 18.7 Å². The Bertz CT molecular complexity index is 915. The lowest BCUT2D eigenvalue weighted by atomic mass is 10.0. The molecule has 1 heterocycles. The second-order valence-corrected chi connectivity index (χ2v) is 8.51. The van der Waals surface area contributed by atoms with Crippen molar-refractivity contribution >= 4 is 21.6 Å². The van der Waals surface area contributed by atoms with Crippen molar-refractivity contribution in [2.45, 2.75) is 24.7 Å². The van der Waals surface area contributed by atoms with Gasteiger partial charge in [-0.15, -0.1) is 0 Å². The summed E-state index contributed by atoms with van der Waals surface area (Å²) in [6.45, 7) is 2.99. The Morgan fingerprint density at radius 3 is 2.69 bits per heavy atom. The van der Waals surface area contributed by atoms with Gasteiger partial charge in [0.2, 0.25) is 10.0 Å². The number of hydrogen-bond acceptors (Lipinski definition) is 3. The van der Waals surface area contributed by atoms with E-state index < -0.39 is 21.7 Å². The molecule has 26 heavy (non-hydrogen) atoms. The van der Waals surface area contributed by atoms with Crippen LogP contribution in [0.15, 0.2) is 53.4 Å². The molecule has 2 aromatic carbocycles. The molecule has 0 bridgehead atoms. The van der Waals surface area contributed by atoms with Gasteiger partial charge in [0.05, 0.1) is 10.6 Å². The highest BCUT2D eigenvalue weighted by Gasteiger charge is 2.29. The van der Waals surface area contributed by atoms with Gasteiger partial charge in [-0.3, -0.25) is 4.79 Å². The number of sulfonamides is 1. The number of anilines is 1. The molecule has 1 fully saturated rings. The van der Waals surface area contributed by atoms with Crippen molar-refractivity contribution in [3.8, 4) is 0 Å². The molecule has 0 aliphatic carbocycles. The van der Waals surface area contributed by atoms with Crippen molar-refractivity contribution in [1.82, 2.24) is 4.31 Å². The van der Waals surface area contributed by atoms with Crippen LogP contribution in [0.5, 0.6) is 0 Å². The molecule has 138 valence electrons.